The van der Waals surface area contributed by atoms with Gasteiger partial charge in [-0.1, -0.05) is 59.7 Å². The Hall–Kier alpha value is -7.35. The minimum atomic E-state index is -4.22. The number of fused-ring (bicyclic) bond motifs is 3. The fourth-order valence-electron chi connectivity index (χ4n) is 10.3. The molecule has 3 amide bonds. The molecular weight excluding hydrogens is 1280 g/mol. The zero-order chi connectivity index (χ0) is 64.2. The number of hydrogen-bond acceptors (Lipinski definition) is 12. The summed E-state index contributed by atoms with van der Waals surface area (Å²) in [6, 6.07) is 16.7. The van der Waals surface area contributed by atoms with Gasteiger partial charge in [0.2, 0.25) is 30.1 Å². The van der Waals surface area contributed by atoms with Gasteiger partial charge in [0.05, 0.1) is 30.8 Å². The van der Waals surface area contributed by atoms with Gasteiger partial charge in [0, 0.05) is 85.2 Å². The van der Waals surface area contributed by atoms with E-state index < -0.39 is 127 Å². The molecule has 468 valence electrons. The number of anilines is 3. The molecule has 6 aromatic carbocycles. The molecule has 6 N–H and O–H groups in total. The molecule has 0 spiro atoms. The van der Waals surface area contributed by atoms with E-state index in [4.69, 9.17) is 23.2 Å². The summed E-state index contributed by atoms with van der Waals surface area (Å²) >= 11 is 11.5. The van der Waals surface area contributed by atoms with Crippen LogP contribution in [0.25, 0.3) is 18.2 Å². The number of amides is 3. The van der Waals surface area contributed by atoms with Crippen LogP contribution < -0.4 is 16.0 Å². The second-order valence-corrected chi connectivity index (χ2v) is 27.7. The third-order valence-electron chi connectivity index (χ3n) is 15.0. The molecule has 0 saturated carbocycles. The van der Waals surface area contributed by atoms with E-state index in [0.29, 0.717) is 64.9 Å². The van der Waals surface area contributed by atoms with E-state index in [1.165, 1.54) is 52.8 Å². The molecule has 30 heteroatoms. The first-order valence-corrected chi connectivity index (χ1v) is 31.9. The Labute approximate surface area is 514 Å². The van der Waals surface area contributed by atoms with Crippen molar-refractivity contribution in [2.45, 2.75) is 64.6 Å². The molecule has 0 aromatic heterocycles. The molecule has 6 aliphatic rings. The summed E-state index contributed by atoms with van der Waals surface area (Å²) in [5, 5.41) is 35.7. The van der Waals surface area contributed by atoms with Crippen LogP contribution in [-0.2, 0) is 49.3 Å². The second kappa shape index (κ2) is 25.5. The lowest BCUT2D eigenvalue weighted by Crippen LogP contribution is -2.53. The van der Waals surface area contributed by atoms with E-state index in [9.17, 15) is 85.7 Å². The van der Waals surface area contributed by atoms with Gasteiger partial charge in [-0.3, -0.25) is 14.4 Å². The fourth-order valence-corrected chi connectivity index (χ4v) is 15.4. The molecule has 3 aliphatic heterocycles. The average Bonchev–Trinajstić information content (AvgIpc) is 2.42. The van der Waals surface area contributed by atoms with Crippen LogP contribution in [0.1, 0.15) is 64.5 Å². The number of aliphatic hydroxyl groups excluding tert-OH is 3. The van der Waals surface area contributed by atoms with Crippen molar-refractivity contribution < 1.29 is 85.7 Å². The van der Waals surface area contributed by atoms with E-state index in [-0.39, 0.29) is 72.4 Å². The van der Waals surface area contributed by atoms with Gasteiger partial charge in [0.15, 0.2) is 17.5 Å². The molecule has 0 bridgehead atoms. The van der Waals surface area contributed by atoms with Crippen LogP contribution in [0.15, 0.2) is 118 Å². The zero-order valence-corrected chi connectivity index (χ0v) is 49.7. The molecule has 3 aliphatic carbocycles. The molecule has 3 saturated heterocycles. The van der Waals surface area contributed by atoms with E-state index in [0.717, 1.165) is 32.4 Å². The van der Waals surface area contributed by atoms with Gasteiger partial charge in [-0.05, 0) is 125 Å². The van der Waals surface area contributed by atoms with Crippen molar-refractivity contribution in [3.05, 3.63) is 192 Å². The van der Waals surface area contributed by atoms with Gasteiger partial charge in [0.1, 0.15) is 36.2 Å². The number of hydrogen-bond donors (Lipinski definition) is 6. The number of carbonyl (C=O) groups excluding carboxylic acids is 3. The normalized spacial score (nSPS) is 19.6. The predicted octanol–water partition coefficient (Wildman–Crippen LogP) is 8.30. The lowest BCUT2D eigenvalue weighted by molar-refractivity contribution is 0.0547. The minimum absolute atomic E-state index is 0.00383. The molecular formula is C59H49Cl2F7N6O12S3. The number of carbonyl (C=O) groups is 3. The van der Waals surface area contributed by atoms with Crippen LogP contribution in [0.5, 0.6) is 0 Å². The van der Waals surface area contributed by atoms with E-state index in [1.807, 2.05) is 6.08 Å². The van der Waals surface area contributed by atoms with E-state index in [1.54, 1.807) is 36.4 Å². The van der Waals surface area contributed by atoms with E-state index in [2.05, 4.69) is 16.0 Å². The van der Waals surface area contributed by atoms with Crippen molar-refractivity contribution in [2.24, 2.45) is 0 Å². The zero-order valence-electron chi connectivity index (χ0n) is 45.8. The molecule has 4 atom stereocenters. The predicted molar refractivity (Wildman–Crippen MR) is 315 cm³/mol. The quantitative estimate of drug-likeness (QED) is 0.0500. The fraction of sp³-hybridized carbons (Fsp3) is 0.237. The Bertz CT molecular complexity index is 4330. The van der Waals surface area contributed by atoms with Crippen LogP contribution in [0.2, 0.25) is 10.0 Å². The van der Waals surface area contributed by atoms with Crippen molar-refractivity contribution in [1.82, 2.24) is 12.9 Å². The maximum Gasteiger partial charge on any atom is 0.256 e. The highest BCUT2D eigenvalue weighted by Gasteiger charge is 2.42. The van der Waals surface area contributed by atoms with Gasteiger partial charge in [0.25, 0.3) is 17.7 Å². The highest BCUT2D eigenvalue weighted by molar-refractivity contribution is 7.89. The summed E-state index contributed by atoms with van der Waals surface area (Å²) in [5.41, 5.74) is 3.92. The number of rotatable bonds is 12. The Morgan fingerprint density at radius 2 is 0.764 bits per heavy atom. The maximum atomic E-state index is 13.7. The Morgan fingerprint density at radius 3 is 1.07 bits per heavy atom. The summed E-state index contributed by atoms with van der Waals surface area (Å²) in [7, 11) is -12.1. The monoisotopic (exact) mass is 1330 g/mol. The van der Waals surface area contributed by atoms with Gasteiger partial charge in [-0.15, -0.1) is 0 Å². The molecule has 3 heterocycles. The van der Waals surface area contributed by atoms with Gasteiger partial charge in [-0.25, -0.2) is 56.0 Å². The third kappa shape index (κ3) is 13.4. The number of nitrogens with zero attached hydrogens (tertiary/aromatic N) is 3. The summed E-state index contributed by atoms with van der Waals surface area (Å²) in [5.74, 6) is -7.90. The largest absolute Gasteiger partial charge is 0.390 e. The smallest absolute Gasteiger partial charge is 0.256 e. The average molecular weight is 1330 g/mol. The number of aliphatic hydroxyl groups is 3. The standard InChI is InChI=1S/C20H17ClF2N2O4S.C20H16F4N2O4S.C19H16ClFN2O4S/c21-16-7-12(4-5-17(16)22)24-20(27)15-8-13(6-11-2-1-3-14(11)15)30(28,29)25-9-18(23)19(26)10-25;21-15-5-11(6-16(22)19(15)24)25-20(28)14-7-12(4-10-2-1-3-13(10)14)31(29,30)26-8-17(23)18(27)9-26;20-17-7-12(4-5-18(17)21)22-19(25)16-8-14(6-11-2-1-3-15(11)16)28(26,27)23-9-13(24)10-23/h1,3-8,18-19,26H,2,9-10H2,(H,24,27);1,3-7,17-18,27H,2,8-9H2,(H,25,28);1,3-8,13,24H,2,9-10H2,(H,22,25). The maximum absolute atomic E-state index is 13.7. The lowest BCUT2D eigenvalue weighted by Gasteiger charge is -2.34. The number of alkyl halides is 2. The summed E-state index contributed by atoms with van der Waals surface area (Å²) < 4.78 is 174. The molecule has 0 radical (unpaired) electrons. The van der Waals surface area contributed by atoms with Crippen molar-refractivity contribution in [3.8, 4) is 0 Å². The molecule has 18 nitrogen and oxygen atoms in total. The third-order valence-corrected chi connectivity index (χ3v) is 21.0. The van der Waals surface area contributed by atoms with Crippen LogP contribution in [0, 0.1) is 29.1 Å². The van der Waals surface area contributed by atoms with Gasteiger partial charge in [-0.2, -0.15) is 12.9 Å². The second-order valence-electron chi connectivity index (χ2n) is 21.1. The van der Waals surface area contributed by atoms with Crippen molar-refractivity contribution in [2.75, 3.05) is 55.2 Å². The summed E-state index contributed by atoms with van der Waals surface area (Å²) in [6.07, 6.45) is 4.84. The first-order chi connectivity index (χ1) is 42.0. The van der Waals surface area contributed by atoms with Crippen LogP contribution in [0.3, 0.4) is 0 Å². The number of benzene rings is 6. The number of sulfonamides is 3. The van der Waals surface area contributed by atoms with Gasteiger partial charge >= 0.3 is 0 Å². The van der Waals surface area contributed by atoms with Crippen LogP contribution >= 0.6 is 23.2 Å². The summed E-state index contributed by atoms with van der Waals surface area (Å²) in [4.78, 5) is 38.1. The SMILES string of the molecule is O=C(Nc1cc(F)c(F)c(F)c1)c1cc(S(=O)(=O)N2CC(O)C(F)C2)cc2c1C=CC2.O=C(Nc1ccc(F)c(Cl)c1)c1cc(S(=O)(=O)N2CC(O)C(F)C2)cc2c1C=CC2.O=C(Nc1ccc(F)c(Cl)c1)c1cc(S(=O)(=O)N2CC(O)C2)cc2c1C=CC2. The first kappa shape index (κ1) is 64.6. The van der Waals surface area contributed by atoms with Crippen LogP contribution in [0.4, 0.5) is 47.8 Å². The Balaban J connectivity index is 0.000000147. The van der Waals surface area contributed by atoms with E-state index >= 15 is 0 Å². The van der Waals surface area contributed by atoms with Crippen molar-refractivity contribution >= 4 is 106 Å². The van der Waals surface area contributed by atoms with Gasteiger partial charge < -0.3 is 31.3 Å². The Kier molecular flexibility index (Phi) is 18.5. The minimum Gasteiger partial charge on any atom is -0.390 e. The molecule has 89 heavy (non-hydrogen) atoms. The van der Waals surface area contributed by atoms with Crippen molar-refractivity contribution in [3.63, 3.8) is 0 Å². The number of halogens is 9. The lowest BCUT2D eigenvalue weighted by atomic mass is 10.0. The highest BCUT2D eigenvalue weighted by atomic mass is 35.5. The topological polar surface area (TPSA) is 260 Å². The number of allylic oxidation sites excluding steroid dienone is 3. The summed E-state index contributed by atoms with van der Waals surface area (Å²) in [6.45, 7) is -1.67. The first-order valence-electron chi connectivity index (χ1n) is 26.8. The molecule has 3 fully saturated rings. The highest BCUT2D eigenvalue weighted by Crippen LogP contribution is 2.36. The molecule has 12 rings (SSSR count). The Morgan fingerprint density at radius 1 is 0.438 bits per heavy atom. The number of β-amino-alcohol motifs (C(OH)–C–C–N with tert-alkyl or cyclic N) is 3. The molecule has 4 unspecified atom stereocenters. The van der Waals surface area contributed by atoms with Crippen LogP contribution in [-0.4, -0.2) is 141 Å². The molecule has 6 aromatic rings. The van der Waals surface area contributed by atoms with Crippen molar-refractivity contribution in [1.29, 1.82) is 0 Å². The number of nitrogens with one attached hydrogen (secondary N) is 3.